The normalized spacial score (nSPS) is 14.5. The van der Waals surface area contributed by atoms with Crippen molar-refractivity contribution in [2.24, 2.45) is 0 Å². The molecule has 2 aliphatic heterocycles. The summed E-state index contributed by atoms with van der Waals surface area (Å²) in [6.07, 6.45) is 0. The zero-order valence-corrected chi connectivity index (χ0v) is 44.4. The van der Waals surface area contributed by atoms with Crippen LogP contribution in [0.4, 0.5) is 34.1 Å². The number of benzene rings is 9. The summed E-state index contributed by atoms with van der Waals surface area (Å²) in [6, 6.07) is 68.8. The topological polar surface area (TPSA) is 6.48 Å². The Balaban J connectivity index is 1.10. The van der Waals surface area contributed by atoms with Gasteiger partial charge in [-0.25, -0.2) is 0 Å². The Labute approximate surface area is 435 Å². The molecule has 1 spiro atoms. The lowest BCUT2D eigenvalue weighted by Crippen LogP contribution is -2.60. The van der Waals surface area contributed by atoms with Gasteiger partial charge in [0.2, 0.25) is 0 Å². The number of fused-ring (bicyclic) bond motifs is 16. The molecule has 0 bridgehead atoms. The summed E-state index contributed by atoms with van der Waals surface area (Å²) in [5.74, 6) is 0. The van der Waals surface area contributed by atoms with Crippen LogP contribution in [0.25, 0.3) is 43.5 Å². The second kappa shape index (κ2) is 15.3. The zero-order chi connectivity index (χ0) is 50.0. The van der Waals surface area contributed by atoms with Crippen molar-refractivity contribution in [1.29, 1.82) is 0 Å². The highest BCUT2D eigenvalue weighted by atomic mass is 32.1. The SMILES string of the molecule is Cc1ccc(N2c3cc(-c4c(C)cccc4C)ccc3B3c4sc5cc6c(cc5c4N(c4ccc(C(C)(C)C)cc4)c4cc(C)cc2c43)-c2ccc(C(C)(C)C)cc2C62c3ccccc3-c3ccccc32)cc1. The van der Waals surface area contributed by atoms with Crippen LogP contribution in [0.1, 0.15) is 97.2 Å². The van der Waals surface area contributed by atoms with E-state index >= 15 is 0 Å². The van der Waals surface area contributed by atoms with Gasteiger partial charge < -0.3 is 9.80 Å². The molecule has 0 N–H and O–H groups in total. The summed E-state index contributed by atoms with van der Waals surface area (Å²) in [4.78, 5) is 5.22. The van der Waals surface area contributed by atoms with Crippen LogP contribution < -0.4 is 25.5 Å². The number of rotatable bonds is 3. The van der Waals surface area contributed by atoms with Gasteiger partial charge in [-0.1, -0.05) is 168 Å². The molecule has 0 radical (unpaired) electrons. The van der Waals surface area contributed by atoms with E-state index in [9.17, 15) is 0 Å². The lowest BCUT2D eigenvalue weighted by atomic mass is 9.36. The number of hydrogen-bond acceptors (Lipinski definition) is 3. The molecule has 1 aromatic heterocycles. The van der Waals surface area contributed by atoms with Crippen molar-refractivity contribution in [2.75, 3.05) is 9.80 Å². The van der Waals surface area contributed by atoms with E-state index in [2.05, 4.69) is 255 Å². The summed E-state index contributed by atoms with van der Waals surface area (Å²) in [5, 5.41) is 1.31. The third-order valence-corrected chi connectivity index (χ3v) is 18.1. The van der Waals surface area contributed by atoms with Crippen molar-refractivity contribution in [2.45, 2.75) is 85.5 Å². The molecule has 2 aliphatic carbocycles. The lowest BCUT2D eigenvalue weighted by Gasteiger charge is -2.43. The molecule has 0 fully saturated rings. The summed E-state index contributed by atoms with van der Waals surface area (Å²) in [5.41, 5.74) is 30.9. The first-order valence-electron chi connectivity index (χ1n) is 26.2. The van der Waals surface area contributed by atoms with E-state index in [1.54, 1.807) is 0 Å². The highest BCUT2D eigenvalue weighted by Crippen LogP contribution is 2.64. The van der Waals surface area contributed by atoms with Crippen LogP contribution in [0.15, 0.2) is 176 Å². The number of nitrogens with zero attached hydrogens (tertiary/aromatic N) is 2. The first-order chi connectivity index (χ1) is 35.1. The van der Waals surface area contributed by atoms with Gasteiger partial charge in [-0.05, 0) is 187 Å². The molecule has 0 atom stereocenters. The first-order valence-corrected chi connectivity index (χ1v) is 27.0. The molecule has 354 valence electrons. The fourth-order valence-corrected chi connectivity index (χ4v) is 14.8. The smallest absolute Gasteiger partial charge is 0.264 e. The fraction of sp³-hybridized carbons (Fsp3) is 0.188. The van der Waals surface area contributed by atoms with E-state index in [1.807, 2.05) is 11.3 Å². The monoisotopic (exact) mass is 958 g/mol. The molecule has 4 heteroatoms. The van der Waals surface area contributed by atoms with Crippen molar-refractivity contribution < 1.29 is 0 Å². The predicted molar refractivity (Wildman–Crippen MR) is 314 cm³/mol. The van der Waals surface area contributed by atoms with E-state index < -0.39 is 5.41 Å². The highest BCUT2D eigenvalue weighted by Gasteiger charge is 2.53. The molecule has 3 heterocycles. The van der Waals surface area contributed by atoms with Crippen molar-refractivity contribution in [3.05, 3.63) is 232 Å². The maximum Gasteiger partial charge on any atom is 0.264 e. The third kappa shape index (κ3) is 6.17. The zero-order valence-electron chi connectivity index (χ0n) is 43.6. The van der Waals surface area contributed by atoms with Crippen LogP contribution in [-0.2, 0) is 16.2 Å². The van der Waals surface area contributed by atoms with Gasteiger partial charge in [0.05, 0.1) is 11.1 Å². The van der Waals surface area contributed by atoms with Crippen molar-refractivity contribution in [1.82, 2.24) is 0 Å². The molecule has 10 aromatic rings. The second-order valence-corrected chi connectivity index (χ2v) is 24.6. The van der Waals surface area contributed by atoms with Crippen molar-refractivity contribution in [3.63, 3.8) is 0 Å². The standard InChI is InChI=1S/C69H59BN2S/c1-40-22-28-47(29-23-40)71-59-36-44(63-42(3)16-15-17-43(63)4)24-33-58(59)70-64-60(71)34-41(2)35-61(64)72(48-30-25-45(26-31-48)67(5,6)7)65-53-38-52-51-32-27-46(68(8,9)10)37-56(51)69(57(52)39-62(53)73-66(65)70)54-20-13-11-18-49(54)50-19-12-14-21-55(50)69/h11-39H,1-10H3. The van der Waals surface area contributed by atoms with E-state index in [0.717, 1.165) is 0 Å². The molecule has 0 saturated heterocycles. The number of aryl methyl sites for hydroxylation is 4. The van der Waals surface area contributed by atoms with Crippen LogP contribution in [0, 0.1) is 27.7 Å². The molecule has 0 unspecified atom stereocenters. The second-order valence-electron chi connectivity index (χ2n) is 23.6. The molecule has 0 amide bonds. The van der Waals surface area contributed by atoms with Crippen LogP contribution in [0.3, 0.4) is 0 Å². The van der Waals surface area contributed by atoms with E-state index in [4.69, 9.17) is 0 Å². The maximum atomic E-state index is 2.65. The van der Waals surface area contributed by atoms with E-state index in [-0.39, 0.29) is 17.5 Å². The Bertz CT molecular complexity index is 3920. The Kier molecular flexibility index (Phi) is 9.30. The van der Waals surface area contributed by atoms with Gasteiger partial charge in [-0.2, -0.15) is 0 Å². The minimum absolute atomic E-state index is 0.00479. The molecule has 0 saturated carbocycles. The number of anilines is 6. The molecule has 14 rings (SSSR count). The number of hydrogen-bond donors (Lipinski definition) is 0. The van der Waals surface area contributed by atoms with Crippen molar-refractivity contribution >= 4 is 78.0 Å². The van der Waals surface area contributed by atoms with Gasteiger partial charge in [0.25, 0.3) is 6.71 Å². The number of thiophene rings is 1. The molecule has 73 heavy (non-hydrogen) atoms. The largest absolute Gasteiger partial charge is 0.311 e. The van der Waals surface area contributed by atoms with Gasteiger partial charge in [0, 0.05) is 43.3 Å². The summed E-state index contributed by atoms with van der Waals surface area (Å²) in [7, 11) is 0. The maximum absolute atomic E-state index is 2.65. The summed E-state index contributed by atoms with van der Waals surface area (Å²) >= 11 is 2.01. The molecular formula is C69H59BN2S. The van der Waals surface area contributed by atoms with E-state index in [0.29, 0.717) is 0 Å². The lowest BCUT2D eigenvalue weighted by molar-refractivity contribution is 0.588. The fourth-order valence-electron chi connectivity index (χ4n) is 13.5. The predicted octanol–water partition coefficient (Wildman–Crippen LogP) is 16.8. The summed E-state index contributed by atoms with van der Waals surface area (Å²) < 4.78 is 2.72. The van der Waals surface area contributed by atoms with Gasteiger partial charge in [0.1, 0.15) is 0 Å². The van der Waals surface area contributed by atoms with E-state index in [1.165, 1.54) is 149 Å². The molecule has 4 aliphatic rings. The quantitative estimate of drug-likeness (QED) is 0.163. The summed E-state index contributed by atoms with van der Waals surface area (Å²) in [6.45, 7) is 23.0. The van der Waals surface area contributed by atoms with Crippen molar-refractivity contribution in [3.8, 4) is 33.4 Å². The molecular weight excluding hydrogens is 900 g/mol. The minimum Gasteiger partial charge on any atom is -0.311 e. The Morgan fingerprint density at radius 2 is 1.03 bits per heavy atom. The van der Waals surface area contributed by atoms with Crippen LogP contribution in [0.2, 0.25) is 0 Å². The van der Waals surface area contributed by atoms with Gasteiger partial charge in [-0.3, -0.25) is 0 Å². The van der Waals surface area contributed by atoms with Gasteiger partial charge >= 0.3 is 0 Å². The third-order valence-electron chi connectivity index (χ3n) is 16.9. The Morgan fingerprint density at radius 1 is 0.452 bits per heavy atom. The average molecular weight is 959 g/mol. The molecule has 2 nitrogen and oxygen atoms in total. The first kappa shape index (κ1) is 44.3. The van der Waals surface area contributed by atoms with Gasteiger partial charge in [-0.15, -0.1) is 11.3 Å². The Hall–Kier alpha value is -7.40. The minimum atomic E-state index is -0.455. The molecule has 9 aromatic carbocycles. The Morgan fingerprint density at radius 3 is 1.68 bits per heavy atom. The highest BCUT2D eigenvalue weighted by molar-refractivity contribution is 7.33. The van der Waals surface area contributed by atoms with Gasteiger partial charge in [0.15, 0.2) is 0 Å². The van der Waals surface area contributed by atoms with Crippen LogP contribution >= 0.6 is 11.3 Å². The van der Waals surface area contributed by atoms with Crippen LogP contribution in [-0.4, -0.2) is 6.71 Å². The van der Waals surface area contributed by atoms with Crippen LogP contribution in [0.5, 0.6) is 0 Å². The average Bonchev–Trinajstić information content (AvgIpc) is 4.01.